The third-order valence-electron chi connectivity index (χ3n) is 9.46. The molecule has 0 radical (unpaired) electrons. The molecule has 5 atom stereocenters. The first kappa shape index (κ1) is 30.8. The molecular formula is C37H27Cl2NO7. The molecule has 2 saturated carbocycles. The lowest BCUT2D eigenvalue weighted by atomic mass is 9.73. The highest BCUT2D eigenvalue weighted by Crippen LogP contribution is 2.61. The Morgan fingerprint density at radius 3 is 2.23 bits per heavy atom. The van der Waals surface area contributed by atoms with Crippen LogP contribution < -0.4 is 9.64 Å². The maximum Gasteiger partial charge on any atom is 0.345 e. The number of fused-ring (bicyclic) bond motifs is 5. The summed E-state index contributed by atoms with van der Waals surface area (Å²) in [5.41, 5.74) is 2.00. The number of amides is 2. The van der Waals surface area contributed by atoms with Crippen molar-refractivity contribution in [3.05, 3.63) is 129 Å². The molecule has 4 aromatic rings. The van der Waals surface area contributed by atoms with E-state index in [2.05, 4.69) is 12.1 Å². The van der Waals surface area contributed by atoms with Crippen LogP contribution in [0.4, 0.5) is 5.69 Å². The van der Waals surface area contributed by atoms with Crippen molar-refractivity contribution < 1.29 is 33.4 Å². The number of ketones is 1. The van der Waals surface area contributed by atoms with Crippen LogP contribution in [0, 0.1) is 23.7 Å². The van der Waals surface area contributed by atoms with Crippen LogP contribution in [0.5, 0.6) is 5.75 Å². The molecule has 1 aliphatic heterocycles. The average Bonchev–Trinajstić information content (AvgIpc) is 3.75. The molecule has 0 spiro atoms. The molecule has 3 aliphatic rings. The summed E-state index contributed by atoms with van der Waals surface area (Å²) in [7, 11) is 0. The first-order chi connectivity index (χ1) is 22.7. The van der Waals surface area contributed by atoms with E-state index in [-0.39, 0.29) is 68.9 Å². The lowest BCUT2D eigenvalue weighted by molar-refractivity contribution is -0.123. The Morgan fingerprint density at radius 2 is 1.49 bits per heavy atom. The van der Waals surface area contributed by atoms with E-state index in [1.54, 1.807) is 12.1 Å². The summed E-state index contributed by atoms with van der Waals surface area (Å²) < 4.78 is 10.6. The average molecular weight is 669 g/mol. The number of halogens is 2. The van der Waals surface area contributed by atoms with Crippen LogP contribution in [0.2, 0.25) is 10.0 Å². The zero-order valence-electron chi connectivity index (χ0n) is 24.8. The molecular weight excluding hydrogens is 641 g/mol. The highest BCUT2D eigenvalue weighted by molar-refractivity contribution is 6.36. The molecule has 4 aromatic carbocycles. The lowest BCUT2D eigenvalue weighted by Crippen LogP contribution is -2.33. The molecule has 0 N–H and O–H groups in total. The van der Waals surface area contributed by atoms with Gasteiger partial charge in [0.2, 0.25) is 11.8 Å². The van der Waals surface area contributed by atoms with Gasteiger partial charge in [-0.25, -0.2) is 9.59 Å². The van der Waals surface area contributed by atoms with Crippen molar-refractivity contribution in [2.75, 3.05) is 11.5 Å². The third kappa shape index (κ3) is 5.72. The Labute approximate surface area is 280 Å². The minimum Gasteiger partial charge on any atom is -0.454 e. The van der Waals surface area contributed by atoms with E-state index in [1.165, 1.54) is 65.1 Å². The van der Waals surface area contributed by atoms with Gasteiger partial charge in [0, 0.05) is 10.6 Å². The van der Waals surface area contributed by atoms with Crippen LogP contribution in [0.1, 0.15) is 55.4 Å². The van der Waals surface area contributed by atoms with Crippen molar-refractivity contribution in [3.63, 3.8) is 0 Å². The number of esters is 2. The highest BCUT2D eigenvalue weighted by Gasteiger charge is 2.64. The second-order valence-electron chi connectivity index (χ2n) is 12.1. The van der Waals surface area contributed by atoms with Crippen LogP contribution in [0.3, 0.4) is 0 Å². The van der Waals surface area contributed by atoms with Gasteiger partial charge in [-0.3, -0.25) is 19.3 Å². The number of carbonyl (C=O) groups is 5. The fourth-order valence-corrected chi connectivity index (χ4v) is 7.88. The van der Waals surface area contributed by atoms with Crippen molar-refractivity contribution in [1.29, 1.82) is 0 Å². The molecule has 2 amide bonds. The summed E-state index contributed by atoms with van der Waals surface area (Å²) in [4.78, 5) is 66.7. The number of nitrogens with zero attached hydrogens (tertiary/aromatic N) is 1. The first-order valence-electron chi connectivity index (χ1n) is 15.2. The minimum atomic E-state index is -0.769. The Balaban J connectivity index is 0.977. The second-order valence-corrected chi connectivity index (χ2v) is 12.9. The number of carbonyl (C=O) groups excluding carboxylic acids is 5. The van der Waals surface area contributed by atoms with Crippen molar-refractivity contribution in [2.45, 2.75) is 18.8 Å². The number of benzene rings is 4. The molecule has 2 bridgehead atoms. The van der Waals surface area contributed by atoms with E-state index in [1.807, 2.05) is 18.2 Å². The van der Waals surface area contributed by atoms with E-state index >= 15 is 0 Å². The number of anilines is 1. The van der Waals surface area contributed by atoms with Crippen molar-refractivity contribution in [3.8, 4) is 5.75 Å². The summed E-state index contributed by atoms with van der Waals surface area (Å²) >= 11 is 11.9. The van der Waals surface area contributed by atoms with Crippen molar-refractivity contribution in [2.24, 2.45) is 23.7 Å². The van der Waals surface area contributed by atoms with Gasteiger partial charge in [-0.15, -0.1) is 0 Å². The maximum absolute atomic E-state index is 13.7. The summed E-state index contributed by atoms with van der Waals surface area (Å²) in [5.74, 6) is -2.40. The molecule has 0 aromatic heterocycles. The van der Waals surface area contributed by atoms with Gasteiger partial charge in [0.25, 0.3) is 0 Å². The van der Waals surface area contributed by atoms with Gasteiger partial charge in [0.1, 0.15) is 5.75 Å². The van der Waals surface area contributed by atoms with Crippen LogP contribution >= 0.6 is 23.2 Å². The van der Waals surface area contributed by atoms with Gasteiger partial charge in [-0.2, -0.15) is 0 Å². The molecule has 0 unspecified atom stereocenters. The van der Waals surface area contributed by atoms with E-state index in [0.29, 0.717) is 10.7 Å². The Morgan fingerprint density at radius 1 is 0.745 bits per heavy atom. The van der Waals surface area contributed by atoms with Crippen molar-refractivity contribution >= 4 is 58.4 Å². The number of rotatable bonds is 8. The second kappa shape index (κ2) is 12.4. The smallest absolute Gasteiger partial charge is 0.345 e. The van der Waals surface area contributed by atoms with Gasteiger partial charge in [-0.05, 0) is 96.8 Å². The Hall–Kier alpha value is -4.79. The van der Waals surface area contributed by atoms with E-state index in [4.69, 9.17) is 32.7 Å². The summed E-state index contributed by atoms with van der Waals surface area (Å²) in [6.07, 6.45) is 1.75. The fraction of sp³-hybridized carbons (Fsp3) is 0.216. The third-order valence-corrected chi connectivity index (χ3v) is 10.0. The minimum absolute atomic E-state index is 0.108. The number of hydrogen-bond donors (Lipinski definition) is 0. The lowest BCUT2D eigenvalue weighted by Gasteiger charge is -2.28. The van der Waals surface area contributed by atoms with Gasteiger partial charge in [0.05, 0.1) is 33.7 Å². The zero-order chi connectivity index (χ0) is 32.8. The van der Waals surface area contributed by atoms with Crippen molar-refractivity contribution in [1.82, 2.24) is 0 Å². The zero-order valence-corrected chi connectivity index (χ0v) is 26.3. The quantitative estimate of drug-likeness (QED) is 0.0848. The standard InChI is InChI=1S/C37H27Cl2NO7/c38-24-11-14-27(30(39)18-24)37(45)47-26-12-9-21(10-13-26)31(41)19-46-36(44)22-7-4-8-25(15-22)40-34(42)32-23-16-28(20-5-2-1-3-6-20)29(17-23)33(32)35(40)43/h1-15,18,23,28-29,32-33H,16-17,19H2/t23-,28-,29+,32+,33+/m0/s1. The number of Topliss-reactive ketones (excluding diaryl/α,β-unsaturated/α-hetero) is 1. The van der Waals surface area contributed by atoms with Crippen LogP contribution in [-0.2, 0) is 14.3 Å². The number of hydrogen-bond acceptors (Lipinski definition) is 7. The van der Waals surface area contributed by atoms with Crippen LogP contribution in [0.15, 0.2) is 97.1 Å². The van der Waals surface area contributed by atoms with Crippen LogP contribution in [-0.4, -0.2) is 36.1 Å². The number of ether oxygens (including phenoxy) is 2. The molecule has 8 nitrogen and oxygen atoms in total. The Kier molecular flexibility index (Phi) is 8.16. The maximum atomic E-state index is 13.7. The predicted molar refractivity (Wildman–Crippen MR) is 174 cm³/mol. The highest BCUT2D eigenvalue weighted by atomic mass is 35.5. The van der Waals surface area contributed by atoms with Gasteiger partial charge < -0.3 is 9.47 Å². The largest absolute Gasteiger partial charge is 0.454 e. The molecule has 1 heterocycles. The molecule has 10 heteroatoms. The molecule has 2 aliphatic carbocycles. The molecule has 3 fully saturated rings. The SMILES string of the molecule is O=C(COC(=O)c1cccc(N2C(=O)[C@@H]3[C@@H]4C[C@@H]([C@H]3C2=O)[C@H](c2ccccc2)C4)c1)c1ccc(OC(=O)c2ccc(Cl)cc2Cl)cc1. The van der Waals surface area contributed by atoms with Gasteiger partial charge in [-0.1, -0.05) is 59.6 Å². The van der Waals surface area contributed by atoms with Gasteiger partial charge in [0.15, 0.2) is 12.4 Å². The van der Waals surface area contributed by atoms with Crippen LogP contribution in [0.25, 0.3) is 0 Å². The predicted octanol–water partition coefficient (Wildman–Crippen LogP) is 7.18. The number of imide groups is 1. The fourth-order valence-electron chi connectivity index (χ4n) is 7.39. The summed E-state index contributed by atoms with van der Waals surface area (Å²) in [6.45, 7) is -0.543. The summed E-state index contributed by atoms with van der Waals surface area (Å²) in [6, 6.07) is 26.5. The monoisotopic (exact) mass is 667 g/mol. The molecule has 1 saturated heterocycles. The molecule has 7 rings (SSSR count). The molecule has 47 heavy (non-hydrogen) atoms. The normalized spacial score (nSPS) is 22.7. The first-order valence-corrected chi connectivity index (χ1v) is 16.0. The van der Waals surface area contributed by atoms with E-state index in [0.717, 1.165) is 12.8 Å². The molecule has 236 valence electrons. The topological polar surface area (TPSA) is 107 Å². The van der Waals surface area contributed by atoms with E-state index < -0.39 is 24.3 Å². The summed E-state index contributed by atoms with van der Waals surface area (Å²) in [5, 5.41) is 0.525. The van der Waals surface area contributed by atoms with E-state index in [9.17, 15) is 24.0 Å². The Bertz CT molecular complexity index is 1930. The van der Waals surface area contributed by atoms with Gasteiger partial charge >= 0.3 is 11.9 Å².